The third-order valence-electron chi connectivity index (χ3n) is 5.85. The molecule has 3 rings (SSSR count). The minimum Gasteiger partial charge on any atom is -0.375 e. The predicted molar refractivity (Wildman–Crippen MR) is 122 cm³/mol. The van der Waals surface area contributed by atoms with Crippen LogP contribution in [0, 0.1) is 0 Å². The molecule has 1 aromatic carbocycles. The summed E-state index contributed by atoms with van der Waals surface area (Å²) in [4.78, 5) is 7.40. The van der Waals surface area contributed by atoms with Crippen LogP contribution >= 0.6 is 0 Å². The first kappa shape index (κ1) is 19.8. The van der Waals surface area contributed by atoms with Gasteiger partial charge in [0, 0.05) is 31.4 Å². The number of anilines is 1. The molecule has 0 atom stereocenters. The standard InChI is InChI=1S/C23H34N3Si/c1-7-8-9-10-15-26(4)19-12-14-21-23(17-19)27(5,6)22-16-18(25(2)3)11-13-20(22)24-21/h11-14,16-17H,7-10,15H2,1-6H3/q+1. The van der Waals surface area contributed by atoms with Crippen molar-refractivity contribution < 1.29 is 4.58 Å². The number of hydrogen-bond acceptors (Lipinski definition) is 2. The second-order valence-corrected chi connectivity index (χ2v) is 12.8. The molecule has 0 radical (unpaired) electrons. The monoisotopic (exact) mass is 380 g/mol. The van der Waals surface area contributed by atoms with E-state index < -0.39 is 8.07 Å². The lowest BCUT2D eigenvalue weighted by Gasteiger charge is -2.34. The second kappa shape index (κ2) is 7.97. The fourth-order valence-electron chi connectivity index (χ4n) is 3.94. The van der Waals surface area contributed by atoms with Crippen molar-refractivity contribution in [2.45, 2.75) is 45.7 Å². The third-order valence-corrected chi connectivity index (χ3v) is 9.35. The van der Waals surface area contributed by atoms with Crippen LogP contribution < -0.4 is 10.1 Å². The zero-order valence-electron chi connectivity index (χ0n) is 17.8. The first-order valence-corrected chi connectivity index (χ1v) is 13.2. The highest BCUT2D eigenvalue weighted by Crippen LogP contribution is 2.32. The van der Waals surface area contributed by atoms with Crippen molar-refractivity contribution in [3.05, 3.63) is 41.6 Å². The van der Waals surface area contributed by atoms with Crippen LogP contribution in [-0.2, 0) is 0 Å². The van der Waals surface area contributed by atoms with E-state index in [9.17, 15) is 0 Å². The lowest BCUT2D eigenvalue weighted by molar-refractivity contribution is -0.462. The van der Waals surface area contributed by atoms with Gasteiger partial charge in [0.05, 0.1) is 11.4 Å². The lowest BCUT2D eigenvalue weighted by Crippen LogP contribution is -2.49. The third kappa shape index (κ3) is 4.01. The molecule has 4 heteroatoms. The number of fused-ring (bicyclic) bond motifs is 2. The number of rotatable bonds is 6. The van der Waals surface area contributed by atoms with Crippen LogP contribution in [0.3, 0.4) is 0 Å². The van der Waals surface area contributed by atoms with Gasteiger partial charge in [0.1, 0.15) is 22.2 Å². The molecule has 0 bridgehead atoms. The number of allylic oxidation sites excluding steroid dienone is 4. The molecular formula is C23H34N3Si+. The molecular weight excluding hydrogens is 346 g/mol. The van der Waals surface area contributed by atoms with Crippen LogP contribution in [0.1, 0.15) is 32.6 Å². The maximum atomic E-state index is 4.99. The van der Waals surface area contributed by atoms with E-state index in [-0.39, 0.29) is 0 Å². The Balaban J connectivity index is 1.92. The molecule has 27 heavy (non-hydrogen) atoms. The van der Waals surface area contributed by atoms with E-state index in [1.54, 1.807) is 0 Å². The normalized spacial score (nSPS) is 17.0. The molecule has 2 aliphatic rings. The average molecular weight is 381 g/mol. The van der Waals surface area contributed by atoms with Gasteiger partial charge in [-0.2, -0.15) is 0 Å². The highest BCUT2D eigenvalue weighted by Gasteiger charge is 2.38. The number of unbranched alkanes of at least 4 members (excludes halogenated alkanes) is 3. The minimum atomic E-state index is -1.78. The number of hydrogen-bond donors (Lipinski definition) is 0. The van der Waals surface area contributed by atoms with Crippen LogP contribution in [-0.4, -0.2) is 51.8 Å². The summed E-state index contributed by atoms with van der Waals surface area (Å²) < 4.78 is 2.18. The average Bonchev–Trinajstić information content (AvgIpc) is 2.64. The van der Waals surface area contributed by atoms with Gasteiger partial charge < -0.3 is 4.90 Å². The number of nitrogens with zero attached hydrogens (tertiary/aromatic N) is 3. The Labute approximate surface area is 165 Å². The summed E-state index contributed by atoms with van der Waals surface area (Å²) in [7, 11) is 4.66. The van der Waals surface area contributed by atoms with Gasteiger partial charge >= 0.3 is 0 Å². The lowest BCUT2D eigenvalue weighted by atomic mass is 10.1. The van der Waals surface area contributed by atoms with Crippen LogP contribution in [0.5, 0.6) is 0 Å². The summed E-state index contributed by atoms with van der Waals surface area (Å²) in [5.41, 5.74) is 4.91. The molecule has 3 nitrogen and oxygen atoms in total. The van der Waals surface area contributed by atoms with E-state index in [0.29, 0.717) is 0 Å². The van der Waals surface area contributed by atoms with Gasteiger partial charge in [0.25, 0.3) is 0 Å². The van der Waals surface area contributed by atoms with Crippen LogP contribution in [0.25, 0.3) is 0 Å². The molecule has 0 saturated heterocycles. The Bertz CT molecular complexity index is 839. The molecule has 0 aromatic heterocycles. The largest absolute Gasteiger partial charge is 0.375 e. The first-order valence-electron chi connectivity index (χ1n) is 10.2. The summed E-state index contributed by atoms with van der Waals surface area (Å²) in [6.45, 7) is 8.32. The van der Waals surface area contributed by atoms with Crippen molar-refractivity contribution in [2.75, 3.05) is 32.6 Å². The van der Waals surface area contributed by atoms with Crippen molar-refractivity contribution >= 4 is 36.1 Å². The molecule has 1 aliphatic carbocycles. The molecule has 0 N–H and O–H groups in total. The van der Waals surface area contributed by atoms with Gasteiger partial charge in [-0.25, -0.2) is 9.57 Å². The van der Waals surface area contributed by atoms with Crippen molar-refractivity contribution in [3.63, 3.8) is 0 Å². The topological polar surface area (TPSA) is 18.6 Å². The van der Waals surface area contributed by atoms with Gasteiger partial charge in [0.2, 0.25) is 0 Å². The SMILES string of the molecule is CCCCCCN(C)c1ccc2c(c1)[Si](C)(C)C1=CC(=[N+](C)C)C=CC1=N2. The number of benzene rings is 1. The molecule has 1 aliphatic heterocycles. The van der Waals surface area contributed by atoms with Gasteiger partial charge in [-0.3, -0.25) is 0 Å². The van der Waals surface area contributed by atoms with E-state index in [1.807, 2.05) is 0 Å². The summed E-state index contributed by atoms with van der Waals surface area (Å²) in [5, 5.41) is 2.91. The van der Waals surface area contributed by atoms with E-state index in [2.05, 4.69) is 87.1 Å². The summed E-state index contributed by atoms with van der Waals surface area (Å²) in [6.07, 6.45) is 11.9. The Morgan fingerprint density at radius 1 is 1.07 bits per heavy atom. The Morgan fingerprint density at radius 3 is 2.56 bits per heavy atom. The summed E-state index contributed by atoms with van der Waals surface area (Å²) >= 11 is 0. The zero-order chi connectivity index (χ0) is 19.6. The van der Waals surface area contributed by atoms with Crippen molar-refractivity contribution in [1.29, 1.82) is 0 Å². The highest BCUT2D eigenvalue weighted by atomic mass is 28.3. The minimum absolute atomic E-state index is 1.12. The summed E-state index contributed by atoms with van der Waals surface area (Å²) in [5.74, 6) is 0. The predicted octanol–water partition coefficient (Wildman–Crippen LogP) is 4.45. The van der Waals surface area contributed by atoms with Crippen LogP contribution in [0.15, 0.2) is 46.6 Å². The first-order chi connectivity index (χ1) is 12.8. The van der Waals surface area contributed by atoms with Gasteiger partial charge in [-0.05, 0) is 41.1 Å². The maximum Gasteiger partial charge on any atom is 0.199 e. The van der Waals surface area contributed by atoms with Gasteiger partial charge in [0.15, 0.2) is 5.71 Å². The van der Waals surface area contributed by atoms with Crippen molar-refractivity contribution in [2.24, 2.45) is 4.99 Å². The van der Waals surface area contributed by atoms with Crippen LogP contribution in [0.4, 0.5) is 11.4 Å². The summed E-state index contributed by atoms with van der Waals surface area (Å²) in [6, 6.07) is 6.88. The van der Waals surface area contributed by atoms with E-state index in [4.69, 9.17) is 4.99 Å². The maximum absolute atomic E-state index is 4.99. The van der Waals surface area contributed by atoms with Crippen molar-refractivity contribution in [3.8, 4) is 0 Å². The zero-order valence-corrected chi connectivity index (χ0v) is 18.8. The molecule has 1 heterocycles. The molecule has 0 spiro atoms. The Kier molecular flexibility index (Phi) is 5.85. The Morgan fingerprint density at radius 2 is 1.85 bits per heavy atom. The molecule has 0 unspecified atom stereocenters. The fraction of sp³-hybridized carbons (Fsp3) is 0.478. The molecule has 0 saturated carbocycles. The smallest absolute Gasteiger partial charge is 0.199 e. The van der Waals surface area contributed by atoms with Crippen LogP contribution in [0.2, 0.25) is 13.1 Å². The van der Waals surface area contributed by atoms with Gasteiger partial charge in [-0.15, -0.1) is 0 Å². The van der Waals surface area contributed by atoms with E-state index >= 15 is 0 Å². The van der Waals surface area contributed by atoms with E-state index in [0.717, 1.165) is 12.3 Å². The fourth-order valence-corrected chi connectivity index (χ4v) is 6.81. The number of aliphatic imine (C=N–C) groups is 1. The molecule has 1 aromatic rings. The molecule has 0 fully saturated rings. The quantitative estimate of drug-likeness (QED) is 0.309. The highest BCUT2D eigenvalue weighted by molar-refractivity contribution is 7.01. The molecule has 144 valence electrons. The van der Waals surface area contributed by atoms with Crippen molar-refractivity contribution in [1.82, 2.24) is 0 Å². The molecule has 0 amide bonds. The van der Waals surface area contributed by atoms with E-state index in [1.165, 1.54) is 53.2 Å². The van der Waals surface area contributed by atoms with Gasteiger partial charge in [-0.1, -0.05) is 39.3 Å². The Hall–Kier alpha value is -1.94. The second-order valence-electron chi connectivity index (χ2n) is 8.52.